The van der Waals surface area contributed by atoms with E-state index in [-0.39, 0.29) is 12.1 Å². The maximum atomic E-state index is 12.4. The largest absolute Gasteiger partial charge is 0.496 e. The molecule has 1 aliphatic rings. The minimum atomic E-state index is -0.144. The van der Waals surface area contributed by atoms with E-state index in [4.69, 9.17) is 4.74 Å². The van der Waals surface area contributed by atoms with Crippen molar-refractivity contribution in [2.45, 2.75) is 32.4 Å². The van der Waals surface area contributed by atoms with Crippen LogP contribution < -0.4 is 15.4 Å². The van der Waals surface area contributed by atoms with Crippen LogP contribution in [0, 0.1) is 5.92 Å². The van der Waals surface area contributed by atoms with Gasteiger partial charge in [0, 0.05) is 18.7 Å². The molecule has 1 saturated heterocycles. The molecule has 1 atom stereocenters. The van der Waals surface area contributed by atoms with E-state index in [1.54, 1.807) is 7.11 Å². The molecule has 150 valence electrons. The molecule has 1 heterocycles. The lowest BCUT2D eigenvalue weighted by molar-refractivity contribution is 0.134. The summed E-state index contributed by atoms with van der Waals surface area (Å²) in [7, 11) is 1.70. The molecule has 1 unspecified atom stereocenters. The molecular weight excluding hydrogens is 350 g/mol. The first-order valence-electron chi connectivity index (χ1n) is 10.1. The van der Waals surface area contributed by atoms with Crippen LogP contribution in [0.5, 0.6) is 5.75 Å². The highest BCUT2D eigenvalue weighted by Crippen LogP contribution is 2.31. The summed E-state index contributed by atoms with van der Waals surface area (Å²) in [6.45, 7) is 5.46. The molecule has 0 bridgehead atoms. The number of nitrogens with zero attached hydrogens (tertiary/aromatic N) is 1. The zero-order valence-corrected chi connectivity index (χ0v) is 16.9. The van der Waals surface area contributed by atoms with Gasteiger partial charge < -0.3 is 15.4 Å². The van der Waals surface area contributed by atoms with Crippen molar-refractivity contribution in [1.82, 2.24) is 15.5 Å². The number of ether oxygens (including phenoxy) is 1. The Hall–Kier alpha value is -2.53. The number of amides is 2. The van der Waals surface area contributed by atoms with Crippen molar-refractivity contribution in [2.75, 3.05) is 26.7 Å². The number of rotatable bonds is 7. The number of nitrogens with one attached hydrogen (secondary N) is 2. The van der Waals surface area contributed by atoms with Gasteiger partial charge >= 0.3 is 6.03 Å². The molecule has 0 radical (unpaired) electrons. The number of urea groups is 1. The highest BCUT2D eigenvalue weighted by Gasteiger charge is 2.27. The zero-order valence-electron chi connectivity index (χ0n) is 16.9. The molecule has 0 aliphatic carbocycles. The van der Waals surface area contributed by atoms with E-state index in [1.165, 1.54) is 12.8 Å². The Labute approximate surface area is 168 Å². The van der Waals surface area contributed by atoms with Crippen LogP contribution in [0.1, 0.15) is 36.9 Å². The van der Waals surface area contributed by atoms with E-state index < -0.39 is 0 Å². The molecule has 5 heteroatoms. The fourth-order valence-corrected chi connectivity index (χ4v) is 3.75. The molecule has 2 amide bonds. The van der Waals surface area contributed by atoms with E-state index in [0.717, 1.165) is 35.9 Å². The van der Waals surface area contributed by atoms with Crippen LogP contribution in [0.4, 0.5) is 4.79 Å². The molecule has 0 spiro atoms. The normalized spacial score (nSPS) is 16.4. The number of benzene rings is 2. The lowest BCUT2D eigenvalue weighted by atomic mass is 9.95. The first kappa shape index (κ1) is 20.2. The summed E-state index contributed by atoms with van der Waals surface area (Å²) in [5.41, 5.74) is 2.21. The minimum absolute atomic E-state index is 0.103. The molecule has 2 N–H and O–H groups in total. The van der Waals surface area contributed by atoms with Crippen LogP contribution in [0.15, 0.2) is 54.6 Å². The second-order valence-electron chi connectivity index (χ2n) is 7.53. The maximum Gasteiger partial charge on any atom is 0.315 e. The Balaban J connectivity index is 1.64. The highest BCUT2D eigenvalue weighted by atomic mass is 16.5. The molecule has 2 aromatic rings. The third-order valence-corrected chi connectivity index (χ3v) is 5.51. The van der Waals surface area contributed by atoms with Gasteiger partial charge in [0.05, 0.1) is 13.2 Å². The first-order valence-corrected chi connectivity index (χ1v) is 10.1. The predicted molar refractivity (Wildman–Crippen MR) is 112 cm³/mol. The lowest BCUT2D eigenvalue weighted by Gasteiger charge is -2.37. The van der Waals surface area contributed by atoms with Crippen LogP contribution in [0.2, 0.25) is 0 Å². The molecule has 2 aromatic carbocycles. The van der Waals surface area contributed by atoms with Crippen LogP contribution in [-0.2, 0) is 6.54 Å². The Kier molecular flexibility index (Phi) is 7.31. The first-order chi connectivity index (χ1) is 13.7. The van der Waals surface area contributed by atoms with Crippen LogP contribution >= 0.6 is 0 Å². The van der Waals surface area contributed by atoms with Gasteiger partial charge in [-0.1, -0.05) is 55.5 Å². The SMILES string of the molecule is COc1ccccc1C(CNC(=O)NCc1ccccc1)N1CCC(C)CC1. The summed E-state index contributed by atoms with van der Waals surface area (Å²) >= 11 is 0. The lowest BCUT2D eigenvalue weighted by Crippen LogP contribution is -2.44. The smallest absolute Gasteiger partial charge is 0.315 e. The Morgan fingerprint density at radius 2 is 1.75 bits per heavy atom. The van der Waals surface area contributed by atoms with E-state index in [2.05, 4.69) is 28.5 Å². The predicted octanol–water partition coefficient (Wildman–Crippen LogP) is 3.97. The summed E-state index contributed by atoms with van der Waals surface area (Å²) in [5, 5.41) is 6.01. The summed E-state index contributed by atoms with van der Waals surface area (Å²) in [6, 6.07) is 18.0. The standard InChI is InChI=1S/C23H31N3O2/c1-18-12-14-26(15-13-18)21(20-10-6-7-11-22(20)28-2)17-25-23(27)24-16-19-8-4-3-5-9-19/h3-11,18,21H,12-17H2,1-2H3,(H2,24,25,27). The summed E-state index contributed by atoms with van der Waals surface area (Å²) < 4.78 is 5.60. The van der Waals surface area contributed by atoms with Crippen molar-refractivity contribution in [3.05, 3.63) is 65.7 Å². The van der Waals surface area contributed by atoms with Crippen molar-refractivity contribution in [1.29, 1.82) is 0 Å². The number of carbonyl (C=O) groups excluding carboxylic acids is 1. The molecule has 1 fully saturated rings. The van der Waals surface area contributed by atoms with Gasteiger partial charge in [-0.05, 0) is 43.5 Å². The Morgan fingerprint density at radius 3 is 2.46 bits per heavy atom. The maximum absolute atomic E-state index is 12.4. The van der Waals surface area contributed by atoms with Gasteiger partial charge in [0.25, 0.3) is 0 Å². The topological polar surface area (TPSA) is 53.6 Å². The van der Waals surface area contributed by atoms with Crippen LogP contribution in [-0.4, -0.2) is 37.7 Å². The van der Waals surface area contributed by atoms with E-state index in [9.17, 15) is 4.79 Å². The average molecular weight is 382 g/mol. The monoisotopic (exact) mass is 381 g/mol. The summed E-state index contributed by atoms with van der Waals surface area (Å²) in [5.74, 6) is 1.63. The minimum Gasteiger partial charge on any atom is -0.496 e. The Morgan fingerprint density at radius 1 is 1.07 bits per heavy atom. The molecule has 1 aliphatic heterocycles. The molecule has 0 saturated carbocycles. The van der Waals surface area contributed by atoms with Crippen LogP contribution in [0.3, 0.4) is 0 Å². The van der Waals surface area contributed by atoms with Gasteiger partial charge in [-0.25, -0.2) is 4.79 Å². The number of hydrogen-bond donors (Lipinski definition) is 2. The van der Waals surface area contributed by atoms with Crippen molar-refractivity contribution in [2.24, 2.45) is 5.92 Å². The van der Waals surface area contributed by atoms with E-state index in [1.807, 2.05) is 48.5 Å². The summed E-state index contributed by atoms with van der Waals surface area (Å²) in [4.78, 5) is 14.8. The number of carbonyl (C=O) groups is 1. The van der Waals surface area contributed by atoms with Crippen molar-refractivity contribution in [3.63, 3.8) is 0 Å². The van der Waals surface area contributed by atoms with Gasteiger partial charge in [0.15, 0.2) is 0 Å². The number of methoxy groups -OCH3 is 1. The second kappa shape index (κ2) is 10.1. The van der Waals surface area contributed by atoms with Gasteiger partial charge in [-0.3, -0.25) is 4.90 Å². The quantitative estimate of drug-likeness (QED) is 0.763. The van der Waals surface area contributed by atoms with Gasteiger partial charge in [0.2, 0.25) is 0 Å². The second-order valence-corrected chi connectivity index (χ2v) is 7.53. The molecule has 5 nitrogen and oxygen atoms in total. The highest BCUT2D eigenvalue weighted by molar-refractivity contribution is 5.73. The molecule has 28 heavy (non-hydrogen) atoms. The summed E-state index contributed by atoms with van der Waals surface area (Å²) in [6.07, 6.45) is 2.37. The van der Waals surface area contributed by atoms with Gasteiger partial charge in [-0.2, -0.15) is 0 Å². The third-order valence-electron chi connectivity index (χ3n) is 5.51. The zero-order chi connectivity index (χ0) is 19.8. The van der Waals surface area contributed by atoms with E-state index in [0.29, 0.717) is 13.1 Å². The van der Waals surface area contributed by atoms with Crippen molar-refractivity contribution < 1.29 is 9.53 Å². The molecule has 3 rings (SSSR count). The third kappa shape index (κ3) is 5.49. The Bertz CT molecular complexity index is 743. The van der Waals surface area contributed by atoms with E-state index >= 15 is 0 Å². The van der Waals surface area contributed by atoms with Crippen LogP contribution in [0.25, 0.3) is 0 Å². The molecule has 0 aromatic heterocycles. The number of likely N-dealkylation sites (tertiary alicyclic amines) is 1. The number of para-hydroxylation sites is 1. The number of piperidine rings is 1. The average Bonchev–Trinajstić information content (AvgIpc) is 2.74. The van der Waals surface area contributed by atoms with Gasteiger partial charge in [0.1, 0.15) is 5.75 Å². The van der Waals surface area contributed by atoms with Crippen molar-refractivity contribution >= 4 is 6.03 Å². The van der Waals surface area contributed by atoms with Crippen molar-refractivity contribution in [3.8, 4) is 5.75 Å². The number of hydrogen-bond acceptors (Lipinski definition) is 3. The molecular formula is C23H31N3O2. The fraction of sp³-hybridized carbons (Fsp3) is 0.435. The fourth-order valence-electron chi connectivity index (χ4n) is 3.75. The van der Waals surface area contributed by atoms with Gasteiger partial charge in [-0.15, -0.1) is 0 Å².